The number of morpholine rings is 1. The molecule has 0 unspecified atom stereocenters. The molecule has 1 saturated heterocycles. The standard InChI is InChI=1S/C12H17N3O/c1-9-7-10(2)11(14-8-9)12(13)15-3-5-16-6-4-15/h7-8,13H,3-6H2,1-2H3. The molecule has 0 saturated carbocycles. The molecule has 0 aromatic carbocycles. The van der Waals surface area contributed by atoms with Crippen LogP contribution in [0.15, 0.2) is 12.3 Å². The highest BCUT2D eigenvalue weighted by Crippen LogP contribution is 2.11. The predicted octanol–water partition coefficient (Wildman–Crippen LogP) is 1.36. The first-order valence-electron chi connectivity index (χ1n) is 5.53. The van der Waals surface area contributed by atoms with Crippen molar-refractivity contribution in [3.05, 3.63) is 29.1 Å². The molecule has 4 nitrogen and oxygen atoms in total. The van der Waals surface area contributed by atoms with Crippen molar-refractivity contribution in [2.75, 3.05) is 26.3 Å². The SMILES string of the molecule is Cc1cnc(C(=N)N2CCOCC2)c(C)c1. The molecule has 1 fully saturated rings. The number of hydrogen-bond acceptors (Lipinski definition) is 3. The summed E-state index contributed by atoms with van der Waals surface area (Å²) in [7, 11) is 0. The summed E-state index contributed by atoms with van der Waals surface area (Å²) in [6.45, 7) is 6.99. The van der Waals surface area contributed by atoms with E-state index in [1.54, 1.807) is 0 Å². The first-order chi connectivity index (χ1) is 7.68. The molecule has 0 aliphatic carbocycles. The van der Waals surface area contributed by atoms with Crippen LogP contribution in [0.5, 0.6) is 0 Å². The van der Waals surface area contributed by atoms with Crippen molar-refractivity contribution in [3.8, 4) is 0 Å². The van der Waals surface area contributed by atoms with Crippen LogP contribution in [0.1, 0.15) is 16.8 Å². The maximum absolute atomic E-state index is 8.14. The van der Waals surface area contributed by atoms with E-state index < -0.39 is 0 Å². The summed E-state index contributed by atoms with van der Waals surface area (Å²) < 4.78 is 5.28. The summed E-state index contributed by atoms with van der Waals surface area (Å²) >= 11 is 0. The smallest absolute Gasteiger partial charge is 0.147 e. The number of aromatic nitrogens is 1. The number of nitrogens with zero attached hydrogens (tertiary/aromatic N) is 2. The lowest BCUT2D eigenvalue weighted by atomic mass is 10.1. The number of rotatable bonds is 1. The van der Waals surface area contributed by atoms with Gasteiger partial charge in [0.05, 0.1) is 13.2 Å². The summed E-state index contributed by atoms with van der Waals surface area (Å²) in [4.78, 5) is 6.37. The first kappa shape index (κ1) is 11.1. The quantitative estimate of drug-likeness (QED) is 0.573. The van der Waals surface area contributed by atoms with Gasteiger partial charge in [-0.15, -0.1) is 0 Å². The van der Waals surface area contributed by atoms with Crippen molar-refractivity contribution >= 4 is 5.84 Å². The number of ether oxygens (including phenoxy) is 1. The van der Waals surface area contributed by atoms with Gasteiger partial charge in [0.2, 0.25) is 0 Å². The molecule has 16 heavy (non-hydrogen) atoms. The molecule has 1 aromatic rings. The van der Waals surface area contributed by atoms with Crippen molar-refractivity contribution in [1.82, 2.24) is 9.88 Å². The van der Waals surface area contributed by atoms with E-state index in [9.17, 15) is 0 Å². The fourth-order valence-corrected chi connectivity index (χ4v) is 1.90. The Hall–Kier alpha value is -1.42. The highest BCUT2D eigenvalue weighted by atomic mass is 16.5. The van der Waals surface area contributed by atoms with Gasteiger partial charge in [-0.2, -0.15) is 0 Å². The van der Waals surface area contributed by atoms with Gasteiger partial charge in [0.25, 0.3) is 0 Å². The van der Waals surface area contributed by atoms with Gasteiger partial charge in [0, 0.05) is 19.3 Å². The molecule has 0 bridgehead atoms. The van der Waals surface area contributed by atoms with Gasteiger partial charge in [-0.3, -0.25) is 10.4 Å². The summed E-state index contributed by atoms with van der Waals surface area (Å²) in [6.07, 6.45) is 1.82. The van der Waals surface area contributed by atoms with Gasteiger partial charge < -0.3 is 9.64 Å². The van der Waals surface area contributed by atoms with E-state index in [0.717, 1.165) is 29.9 Å². The zero-order chi connectivity index (χ0) is 11.5. The third kappa shape index (κ3) is 2.22. The average Bonchev–Trinajstić information content (AvgIpc) is 2.29. The van der Waals surface area contributed by atoms with E-state index in [2.05, 4.69) is 11.1 Å². The molecule has 86 valence electrons. The summed E-state index contributed by atoms with van der Waals surface area (Å²) in [5.74, 6) is 0.515. The number of amidine groups is 1. The molecule has 1 aliphatic heterocycles. The highest BCUT2D eigenvalue weighted by molar-refractivity contribution is 5.95. The first-order valence-corrected chi connectivity index (χ1v) is 5.53. The Kier molecular flexibility index (Phi) is 3.19. The minimum atomic E-state index is 0.515. The topological polar surface area (TPSA) is 49.2 Å². The van der Waals surface area contributed by atoms with Gasteiger partial charge in [0.1, 0.15) is 11.5 Å². The third-order valence-corrected chi connectivity index (χ3v) is 2.77. The predicted molar refractivity (Wildman–Crippen MR) is 62.9 cm³/mol. The molecule has 1 aromatic heterocycles. The second kappa shape index (κ2) is 4.61. The zero-order valence-electron chi connectivity index (χ0n) is 9.79. The highest BCUT2D eigenvalue weighted by Gasteiger charge is 2.17. The molecule has 1 N–H and O–H groups in total. The molecule has 0 atom stereocenters. The lowest BCUT2D eigenvalue weighted by Crippen LogP contribution is -2.41. The molecular weight excluding hydrogens is 202 g/mol. The van der Waals surface area contributed by atoms with Gasteiger partial charge in [-0.05, 0) is 25.0 Å². The summed E-state index contributed by atoms with van der Waals surface area (Å²) in [6, 6.07) is 2.07. The number of pyridine rings is 1. The molecule has 4 heteroatoms. The Labute approximate surface area is 95.8 Å². The Morgan fingerprint density at radius 3 is 2.69 bits per heavy atom. The third-order valence-electron chi connectivity index (χ3n) is 2.77. The second-order valence-electron chi connectivity index (χ2n) is 4.13. The van der Waals surface area contributed by atoms with Gasteiger partial charge in [0.15, 0.2) is 0 Å². The normalized spacial score (nSPS) is 16.2. The second-order valence-corrected chi connectivity index (χ2v) is 4.13. The average molecular weight is 219 g/mol. The van der Waals surface area contributed by atoms with Gasteiger partial charge in [-0.25, -0.2) is 0 Å². The summed E-state index contributed by atoms with van der Waals surface area (Å²) in [5, 5.41) is 8.14. The van der Waals surface area contributed by atoms with Crippen molar-refractivity contribution < 1.29 is 4.74 Å². The fraction of sp³-hybridized carbons (Fsp3) is 0.500. The van der Waals surface area contributed by atoms with Crippen LogP contribution in [-0.2, 0) is 4.74 Å². The lowest BCUT2D eigenvalue weighted by Gasteiger charge is -2.29. The van der Waals surface area contributed by atoms with Crippen LogP contribution in [0.4, 0.5) is 0 Å². The molecular formula is C12H17N3O. The number of nitrogens with one attached hydrogen (secondary N) is 1. The van der Waals surface area contributed by atoms with Crippen molar-refractivity contribution in [2.45, 2.75) is 13.8 Å². The van der Waals surface area contributed by atoms with E-state index in [1.165, 1.54) is 0 Å². The zero-order valence-corrected chi connectivity index (χ0v) is 9.79. The molecule has 2 rings (SSSR count). The van der Waals surface area contributed by atoms with Crippen LogP contribution in [0.2, 0.25) is 0 Å². The van der Waals surface area contributed by atoms with Crippen molar-refractivity contribution in [3.63, 3.8) is 0 Å². The maximum atomic E-state index is 8.14. The van der Waals surface area contributed by atoms with Crippen LogP contribution < -0.4 is 0 Å². The van der Waals surface area contributed by atoms with Crippen molar-refractivity contribution in [1.29, 1.82) is 5.41 Å². The van der Waals surface area contributed by atoms with E-state index in [4.69, 9.17) is 10.1 Å². The Morgan fingerprint density at radius 1 is 1.38 bits per heavy atom. The largest absolute Gasteiger partial charge is 0.378 e. The maximum Gasteiger partial charge on any atom is 0.147 e. The minimum Gasteiger partial charge on any atom is -0.378 e. The van der Waals surface area contributed by atoms with Crippen LogP contribution >= 0.6 is 0 Å². The summed E-state index contributed by atoms with van der Waals surface area (Å²) in [5.41, 5.74) is 2.99. The van der Waals surface area contributed by atoms with Gasteiger partial charge >= 0.3 is 0 Å². The lowest BCUT2D eigenvalue weighted by molar-refractivity contribution is 0.0679. The Balaban J connectivity index is 2.19. The van der Waals surface area contributed by atoms with Crippen molar-refractivity contribution in [2.24, 2.45) is 0 Å². The van der Waals surface area contributed by atoms with E-state index in [-0.39, 0.29) is 0 Å². The van der Waals surface area contributed by atoms with E-state index in [1.807, 2.05) is 24.9 Å². The molecule has 0 amide bonds. The van der Waals surface area contributed by atoms with Gasteiger partial charge in [-0.1, -0.05) is 6.07 Å². The Bertz CT molecular complexity index is 397. The van der Waals surface area contributed by atoms with E-state index in [0.29, 0.717) is 19.0 Å². The molecule has 0 radical (unpaired) electrons. The van der Waals surface area contributed by atoms with E-state index >= 15 is 0 Å². The fourth-order valence-electron chi connectivity index (χ4n) is 1.90. The molecule has 0 spiro atoms. The van der Waals surface area contributed by atoms with Crippen LogP contribution in [-0.4, -0.2) is 42.0 Å². The van der Waals surface area contributed by atoms with Crippen LogP contribution in [0.25, 0.3) is 0 Å². The molecule has 1 aliphatic rings. The minimum absolute atomic E-state index is 0.515. The van der Waals surface area contributed by atoms with Crippen LogP contribution in [0, 0.1) is 19.3 Å². The van der Waals surface area contributed by atoms with Crippen LogP contribution in [0.3, 0.4) is 0 Å². The number of aryl methyl sites for hydroxylation is 2. The monoisotopic (exact) mass is 219 g/mol. The number of hydrogen-bond donors (Lipinski definition) is 1. The molecule has 2 heterocycles. The Morgan fingerprint density at radius 2 is 2.06 bits per heavy atom.